The molecule has 9 heteroatoms. The molecule has 1 saturated heterocycles. The molecule has 1 aromatic rings. The number of nitrogens with zero attached hydrogens (tertiary/aromatic N) is 1. The van der Waals surface area contributed by atoms with Gasteiger partial charge in [-0.3, -0.25) is 4.90 Å². The topological polar surface area (TPSA) is 142 Å². The van der Waals surface area contributed by atoms with Gasteiger partial charge in [0.15, 0.2) is 0 Å². The summed E-state index contributed by atoms with van der Waals surface area (Å²) in [5.74, 6) is -3.16. The van der Waals surface area contributed by atoms with Crippen LogP contribution in [0.15, 0.2) is 24.3 Å². The van der Waals surface area contributed by atoms with Gasteiger partial charge in [-0.15, -0.1) is 0 Å². The first-order valence-corrected chi connectivity index (χ1v) is 10.1. The second kappa shape index (κ2) is 11.8. The monoisotopic (exact) mass is 600 g/mol. The molecule has 1 aliphatic heterocycles. The number of carbonyl (C=O) groups is 2. The first-order chi connectivity index (χ1) is 13.7. The Kier molecular flexibility index (Phi) is 10.4. The molecule has 2 aliphatic rings. The van der Waals surface area contributed by atoms with Gasteiger partial charge in [-0.2, -0.15) is 0 Å². The van der Waals surface area contributed by atoms with Crippen molar-refractivity contribution >= 4 is 11.9 Å². The van der Waals surface area contributed by atoms with Gasteiger partial charge in [0.25, 0.3) is 0 Å². The molecule has 2 atom stereocenters. The second-order valence-corrected chi connectivity index (χ2v) is 8.31. The maximum absolute atomic E-state index is 10.8. The number of likely N-dealkylation sites (tertiary alicyclic amines) is 1. The molecular formula is C21H31N3O5Pt. The van der Waals surface area contributed by atoms with Gasteiger partial charge in [-0.05, 0) is 18.9 Å². The second-order valence-electron chi connectivity index (χ2n) is 8.31. The van der Waals surface area contributed by atoms with E-state index < -0.39 is 17.4 Å². The van der Waals surface area contributed by atoms with E-state index in [9.17, 15) is 24.9 Å². The number of carbonyl (C=O) groups excluding carboxylic acids is 2. The van der Waals surface area contributed by atoms with E-state index in [-0.39, 0.29) is 46.4 Å². The minimum Gasteiger partial charge on any atom is -0.549 e. The molecule has 0 aromatic heterocycles. The number of para-hydroxylation sites is 1. The third-order valence-electron chi connectivity index (χ3n) is 5.52. The summed E-state index contributed by atoms with van der Waals surface area (Å²) in [5, 5.41) is 34.7. The van der Waals surface area contributed by atoms with Crippen molar-refractivity contribution in [3.05, 3.63) is 29.8 Å². The molecule has 1 aromatic carbocycles. The van der Waals surface area contributed by atoms with Crippen LogP contribution in [0, 0.1) is 5.41 Å². The van der Waals surface area contributed by atoms with Crippen LogP contribution in [0.1, 0.15) is 45.1 Å². The van der Waals surface area contributed by atoms with Crippen molar-refractivity contribution in [1.29, 1.82) is 0 Å². The van der Waals surface area contributed by atoms with Crippen LogP contribution in [0.5, 0.6) is 5.75 Å². The number of phenols is 1. The largest absolute Gasteiger partial charge is 2.00 e. The van der Waals surface area contributed by atoms with Crippen LogP contribution in [0.3, 0.4) is 0 Å². The van der Waals surface area contributed by atoms with Crippen molar-refractivity contribution < 1.29 is 46.0 Å². The van der Waals surface area contributed by atoms with Crippen LogP contribution in [0.4, 0.5) is 0 Å². The first kappa shape index (κ1) is 26.6. The van der Waals surface area contributed by atoms with Crippen molar-refractivity contribution in [2.24, 2.45) is 11.1 Å². The van der Waals surface area contributed by atoms with E-state index in [1.165, 1.54) is 31.7 Å². The van der Waals surface area contributed by atoms with Crippen LogP contribution in [-0.4, -0.2) is 53.2 Å². The minimum atomic E-state index is -1.93. The van der Waals surface area contributed by atoms with Crippen molar-refractivity contribution in [3.8, 4) is 5.75 Å². The Morgan fingerprint density at radius 3 is 2.27 bits per heavy atom. The zero-order valence-electron chi connectivity index (χ0n) is 17.4. The fourth-order valence-corrected chi connectivity index (χ4v) is 3.85. The molecule has 2 fully saturated rings. The number of carboxylic acid groups (broad SMARTS) is 2. The molecule has 30 heavy (non-hydrogen) atoms. The number of aromatic hydroxyl groups is 1. The van der Waals surface area contributed by atoms with Gasteiger partial charge in [0, 0.05) is 43.3 Å². The molecule has 1 heterocycles. The quantitative estimate of drug-likeness (QED) is 0.352. The van der Waals surface area contributed by atoms with Crippen molar-refractivity contribution in [2.75, 3.05) is 13.1 Å². The maximum Gasteiger partial charge on any atom is 2.00 e. The predicted octanol–water partition coefficient (Wildman–Crippen LogP) is -1.05. The number of hydrogen-bond donors (Lipinski definition) is 3. The fraction of sp³-hybridized carbons (Fsp3) is 0.619. The molecule has 0 spiro atoms. The summed E-state index contributed by atoms with van der Waals surface area (Å²) in [5.41, 5.74) is 4.65. The minimum absolute atomic E-state index is 0. The summed E-state index contributed by atoms with van der Waals surface area (Å²) in [6, 6.07) is 8.15. The third kappa shape index (κ3) is 6.77. The van der Waals surface area contributed by atoms with Gasteiger partial charge in [0.1, 0.15) is 5.75 Å². The molecule has 0 unspecified atom stereocenters. The Labute approximate surface area is 192 Å². The number of nitrogens with one attached hydrogen (secondary N) is 1. The van der Waals surface area contributed by atoms with Gasteiger partial charge in [0.05, 0.1) is 17.4 Å². The van der Waals surface area contributed by atoms with Crippen LogP contribution < -0.4 is 21.3 Å². The molecule has 170 valence electrons. The average molecular weight is 601 g/mol. The third-order valence-corrected chi connectivity index (χ3v) is 5.52. The van der Waals surface area contributed by atoms with E-state index in [0.29, 0.717) is 23.7 Å². The number of phenolic OH excluding ortho intramolecular Hbond substituents is 1. The molecule has 1 aliphatic carbocycles. The molecule has 0 radical (unpaired) electrons. The Morgan fingerprint density at radius 2 is 1.77 bits per heavy atom. The number of hydrogen-bond acceptors (Lipinski definition) is 8. The van der Waals surface area contributed by atoms with Gasteiger partial charge >= 0.3 is 21.1 Å². The molecule has 0 bridgehead atoms. The zero-order valence-corrected chi connectivity index (χ0v) is 19.7. The molecule has 3 rings (SSSR count). The predicted molar refractivity (Wildman–Crippen MR) is 104 cm³/mol. The Morgan fingerprint density at radius 1 is 1.20 bits per heavy atom. The van der Waals surface area contributed by atoms with Crippen LogP contribution in [0.25, 0.3) is 0 Å². The average Bonchev–Trinajstić information content (AvgIpc) is 2.60. The zero-order chi connectivity index (χ0) is 21.6. The Hall–Kier alpha value is -1.47. The Bertz CT molecular complexity index is 694. The van der Waals surface area contributed by atoms with Crippen LogP contribution in [0.2, 0.25) is 0 Å². The summed E-state index contributed by atoms with van der Waals surface area (Å²) >= 11 is 0. The Balaban J connectivity index is 0.000000324. The molecule has 8 nitrogen and oxygen atoms in total. The van der Waals surface area contributed by atoms with E-state index >= 15 is 0 Å². The van der Waals surface area contributed by atoms with Gasteiger partial charge < -0.3 is 36.0 Å². The smallest absolute Gasteiger partial charge is 0.549 e. The molecular weight excluding hydrogens is 569 g/mol. The van der Waals surface area contributed by atoms with Gasteiger partial charge in [-0.1, -0.05) is 44.9 Å². The van der Waals surface area contributed by atoms with E-state index in [0.717, 1.165) is 0 Å². The summed E-state index contributed by atoms with van der Waals surface area (Å²) in [4.78, 5) is 23.2. The van der Waals surface area contributed by atoms with Crippen molar-refractivity contribution in [3.63, 3.8) is 0 Å². The summed E-state index contributed by atoms with van der Waals surface area (Å²) in [6.07, 6.45) is 5.12. The summed E-state index contributed by atoms with van der Waals surface area (Å²) in [6.45, 7) is 4.30. The number of carboxylic acids is 2. The van der Waals surface area contributed by atoms with E-state index in [1.807, 2.05) is 0 Å². The van der Waals surface area contributed by atoms with Gasteiger partial charge in [-0.25, -0.2) is 0 Å². The number of aliphatic carboxylic acids is 2. The van der Waals surface area contributed by atoms with Crippen LogP contribution in [-0.2, 0) is 37.2 Å². The fourth-order valence-electron chi connectivity index (χ4n) is 3.85. The van der Waals surface area contributed by atoms with E-state index in [2.05, 4.69) is 19.2 Å². The normalized spacial score (nSPS) is 22.8. The number of benzene rings is 1. The molecule has 1 saturated carbocycles. The molecule has 0 amide bonds. The van der Waals surface area contributed by atoms with E-state index in [4.69, 9.17) is 5.73 Å². The number of rotatable bonds is 6. The summed E-state index contributed by atoms with van der Waals surface area (Å²) in [7, 11) is 0. The van der Waals surface area contributed by atoms with E-state index in [1.54, 1.807) is 23.1 Å². The molecule has 4 N–H and O–H groups in total. The van der Waals surface area contributed by atoms with Crippen molar-refractivity contribution in [2.45, 2.75) is 64.2 Å². The maximum atomic E-state index is 10.8. The van der Waals surface area contributed by atoms with Gasteiger partial charge in [0.2, 0.25) is 0 Å². The van der Waals surface area contributed by atoms with Crippen molar-refractivity contribution in [1.82, 2.24) is 10.2 Å². The summed E-state index contributed by atoms with van der Waals surface area (Å²) < 4.78 is 0. The van der Waals surface area contributed by atoms with Crippen LogP contribution >= 0.6 is 0 Å². The number of nitrogens with two attached hydrogens (primary N) is 1. The SMILES string of the molecule is CC(C)N[C@@H]1CCCC[C@H]1N.O=C([O-])C1(C(=O)[O-])CN(Cc2ccccc2O)C1.[Pt+2]. The first-order valence-electron chi connectivity index (χ1n) is 10.1. The standard InChI is InChI=1S/C12H13NO5.C9H20N2.Pt/c14-9-4-2-1-3-8(9)5-13-6-12(7-13,10(15)16)11(17)18;1-7(2)11-9-6-4-3-5-8(9)10;/h1-4,14H,5-7H2,(H,15,16)(H,17,18);7-9,11H,3-6,10H2,1-2H3;/q;;+2/p-2/t;8-,9-;/m.1./s1.